The summed E-state index contributed by atoms with van der Waals surface area (Å²) in [5, 5.41) is 5.75. The van der Waals surface area contributed by atoms with Crippen LogP contribution in [0.2, 0.25) is 0 Å². The molecule has 2 heterocycles. The predicted molar refractivity (Wildman–Crippen MR) is 103 cm³/mol. The molecule has 140 valence electrons. The second kappa shape index (κ2) is 8.76. The minimum atomic E-state index is -3.88. The minimum Gasteiger partial charge on any atom is -0.468 e. The number of hydrazone groups is 1. The molecular weight excluding hydrogens is 386 g/mol. The highest BCUT2D eigenvalue weighted by atomic mass is 32.2. The monoisotopic (exact) mass is 403 g/mol. The Bertz CT molecular complexity index is 983. The maximum atomic E-state index is 12.9. The predicted octanol–water partition coefficient (Wildman–Crippen LogP) is 2.68. The number of hydrogen-bond acceptors (Lipinski definition) is 6. The van der Waals surface area contributed by atoms with Gasteiger partial charge in [-0.15, -0.1) is 11.3 Å². The van der Waals surface area contributed by atoms with E-state index >= 15 is 0 Å². The van der Waals surface area contributed by atoms with Gasteiger partial charge in [-0.25, -0.2) is 13.8 Å². The molecule has 9 heteroatoms. The first-order chi connectivity index (χ1) is 13.1. The lowest BCUT2D eigenvalue weighted by Gasteiger charge is -2.20. The van der Waals surface area contributed by atoms with Crippen LogP contribution in [0.25, 0.3) is 0 Å². The first-order valence-corrected chi connectivity index (χ1v) is 10.3. The fourth-order valence-electron chi connectivity index (χ4n) is 2.27. The molecule has 27 heavy (non-hydrogen) atoms. The fourth-order valence-corrected chi connectivity index (χ4v) is 4.24. The average Bonchev–Trinajstić information content (AvgIpc) is 3.36. The van der Waals surface area contributed by atoms with Crippen molar-refractivity contribution < 1.29 is 17.6 Å². The number of amides is 1. The van der Waals surface area contributed by atoms with Crippen LogP contribution >= 0.6 is 11.3 Å². The van der Waals surface area contributed by atoms with Crippen molar-refractivity contribution in [2.24, 2.45) is 5.10 Å². The Balaban J connectivity index is 1.74. The molecular formula is C18H17N3O4S2. The standard InChI is InChI=1S/C18H17N3O4S2/c22-18(20-19-12-16-7-5-11-26-16)14-21(13-15-6-4-10-25-15)27(23,24)17-8-2-1-3-9-17/h1-12H,13-14H2,(H,20,22)/b19-12-. The number of rotatable bonds is 8. The Morgan fingerprint density at radius 3 is 2.63 bits per heavy atom. The Morgan fingerprint density at radius 1 is 1.15 bits per heavy atom. The van der Waals surface area contributed by atoms with Gasteiger partial charge in [0.1, 0.15) is 5.76 Å². The van der Waals surface area contributed by atoms with Crippen molar-refractivity contribution in [3.8, 4) is 0 Å². The molecule has 1 aromatic carbocycles. The van der Waals surface area contributed by atoms with Crippen LogP contribution in [0.1, 0.15) is 10.6 Å². The second-order valence-corrected chi connectivity index (χ2v) is 8.39. The second-order valence-electron chi connectivity index (χ2n) is 5.47. The number of nitrogens with one attached hydrogen (secondary N) is 1. The molecule has 7 nitrogen and oxygen atoms in total. The summed E-state index contributed by atoms with van der Waals surface area (Å²) >= 11 is 1.47. The number of sulfonamides is 1. The molecule has 2 aromatic heterocycles. The summed E-state index contributed by atoms with van der Waals surface area (Å²) in [5.74, 6) is -0.113. The van der Waals surface area contributed by atoms with Crippen LogP contribution in [-0.2, 0) is 21.4 Å². The zero-order chi connectivity index (χ0) is 19.1. The van der Waals surface area contributed by atoms with Crippen molar-refractivity contribution in [1.29, 1.82) is 0 Å². The van der Waals surface area contributed by atoms with Crippen molar-refractivity contribution in [2.75, 3.05) is 6.54 Å². The van der Waals surface area contributed by atoms with E-state index in [1.165, 1.54) is 35.9 Å². The van der Waals surface area contributed by atoms with Gasteiger partial charge >= 0.3 is 0 Å². The number of hydrogen-bond donors (Lipinski definition) is 1. The number of furan rings is 1. The maximum absolute atomic E-state index is 12.9. The molecule has 0 aliphatic carbocycles. The van der Waals surface area contributed by atoms with Gasteiger partial charge in [-0.05, 0) is 35.7 Å². The van der Waals surface area contributed by atoms with Gasteiger partial charge in [0.2, 0.25) is 10.0 Å². The molecule has 0 unspecified atom stereocenters. The summed E-state index contributed by atoms with van der Waals surface area (Å²) in [6, 6.07) is 15.0. The Kier molecular flexibility index (Phi) is 6.17. The molecule has 0 atom stereocenters. The third-order valence-corrected chi connectivity index (χ3v) is 6.15. The third kappa shape index (κ3) is 5.13. The van der Waals surface area contributed by atoms with E-state index in [9.17, 15) is 13.2 Å². The fraction of sp³-hybridized carbons (Fsp3) is 0.111. The van der Waals surface area contributed by atoms with Crippen LogP contribution in [0.4, 0.5) is 0 Å². The number of carbonyl (C=O) groups excluding carboxylic acids is 1. The van der Waals surface area contributed by atoms with Crippen molar-refractivity contribution >= 4 is 33.5 Å². The zero-order valence-electron chi connectivity index (χ0n) is 14.2. The lowest BCUT2D eigenvalue weighted by atomic mass is 10.4. The summed E-state index contributed by atoms with van der Waals surface area (Å²) < 4.78 is 32.1. The van der Waals surface area contributed by atoms with E-state index in [1.807, 2.05) is 17.5 Å². The normalized spacial score (nSPS) is 11.9. The molecule has 0 spiro atoms. The van der Waals surface area contributed by atoms with E-state index in [1.54, 1.807) is 30.3 Å². The molecule has 0 fully saturated rings. The Morgan fingerprint density at radius 2 is 1.96 bits per heavy atom. The lowest BCUT2D eigenvalue weighted by Crippen LogP contribution is -2.38. The first kappa shape index (κ1) is 19.0. The van der Waals surface area contributed by atoms with Crippen LogP contribution in [0, 0.1) is 0 Å². The van der Waals surface area contributed by atoms with Gasteiger partial charge in [0.15, 0.2) is 0 Å². The quantitative estimate of drug-likeness (QED) is 0.462. The molecule has 0 radical (unpaired) electrons. The maximum Gasteiger partial charge on any atom is 0.255 e. The van der Waals surface area contributed by atoms with Gasteiger partial charge in [0.25, 0.3) is 5.91 Å². The highest BCUT2D eigenvalue weighted by Gasteiger charge is 2.27. The van der Waals surface area contributed by atoms with Gasteiger partial charge < -0.3 is 4.42 Å². The molecule has 3 rings (SSSR count). The van der Waals surface area contributed by atoms with Crippen LogP contribution in [0.5, 0.6) is 0 Å². The van der Waals surface area contributed by atoms with Crippen LogP contribution in [-0.4, -0.2) is 31.4 Å². The van der Waals surface area contributed by atoms with Gasteiger partial charge in [-0.3, -0.25) is 4.79 Å². The zero-order valence-corrected chi connectivity index (χ0v) is 15.8. The minimum absolute atomic E-state index is 0.0632. The van der Waals surface area contributed by atoms with Crippen LogP contribution in [0.15, 0.2) is 80.7 Å². The molecule has 0 saturated carbocycles. The first-order valence-electron chi connectivity index (χ1n) is 7.99. The molecule has 0 aliphatic rings. The number of carbonyl (C=O) groups is 1. The molecule has 0 aliphatic heterocycles. The Labute approximate surface area is 161 Å². The van der Waals surface area contributed by atoms with E-state index in [4.69, 9.17) is 4.42 Å². The molecule has 1 amide bonds. The van der Waals surface area contributed by atoms with Crippen LogP contribution in [0.3, 0.4) is 0 Å². The average molecular weight is 403 g/mol. The van der Waals surface area contributed by atoms with Gasteiger partial charge in [0, 0.05) is 4.88 Å². The number of benzene rings is 1. The summed E-state index contributed by atoms with van der Waals surface area (Å²) in [5.41, 5.74) is 2.36. The smallest absolute Gasteiger partial charge is 0.255 e. The van der Waals surface area contributed by atoms with E-state index in [0.29, 0.717) is 5.76 Å². The van der Waals surface area contributed by atoms with E-state index in [0.717, 1.165) is 9.18 Å². The van der Waals surface area contributed by atoms with Gasteiger partial charge in [0.05, 0.1) is 30.5 Å². The third-order valence-electron chi connectivity index (χ3n) is 3.54. The van der Waals surface area contributed by atoms with Crippen molar-refractivity contribution in [2.45, 2.75) is 11.4 Å². The summed E-state index contributed by atoms with van der Waals surface area (Å²) in [6.45, 7) is -0.452. The topological polar surface area (TPSA) is 92.0 Å². The van der Waals surface area contributed by atoms with Crippen LogP contribution < -0.4 is 5.43 Å². The largest absolute Gasteiger partial charge is 0.468 e. The van der Waals surface area contributed by atoms with Crippen molar-refractivity contribution in [3.05, 3.63) is 76.9 Å². The Hall–Kier alpha value is -2.75. The summed E-state index contributed by atoms with van der Waals surface area (Å²) in [4.78, 5) is 13.2. The van der Waals surface area contributed by atoms with E-state index < -0.39 is 15.9 Å². The number of thiophene rings is 1. The van der Waals surface area contributed by atoms with Gasteiger partial charge in [-0.2, -0.15) is 9.41 Å². The highest BCUT2D eigenvalue weighted by molar-refractivity contribution is 7.89. The molecule has 0 saturated heterocycles. The number of nitrogens with zero attached hydrogens (tertiary/aromatic N) is 2. The lowest BCUT2D eigenvalue weighted by molar-refractivity contribution is -0.121. The summed E-state index contributed by atoms with van der Waals surface area (Å²) in [7, 11) is -3.88. The molecule has 3 aromatic rings. The summed E-state index contributed by atoms with van der Waals surface area (Å²) in [6.07, 6.45) is 2.96. The van der Waals surface area contributed by atoms with Gasteiger partial charge in [-0.1, -0.05) is 24.3 Å². The van der Waals surface area contributed by atoms with E-state index in [-0.39, 0.29) is 18.0 Å². The molecule has 1 N–H and O–H groups in total. The van der Waals surface area contributed by atoms with E-state index in [2.05, 4.69) is 10.5 Å². The van der Waals surface area contributed by atoms with Crippen molar-refractivity contribution in [3.63, 3.8) is 0 Å². The highest BCUT2D eigenvalue weighted by Crippen LogP contribution is 2.18. The molecule has 0 bridgehead atoms. The van der Waals surface area contributed by atoms with Crippen molar-refractivity contribution in [1.82, 2.24) is 9.73 Å². The SMILES string of the molecule is O=C(CN(Cc1ccco1)S(=O)(=O)c1ccccc1)N/N=C\c1cccs1.